The number of fused-ring (bicyclic) bond motifs is 3. The first-order valence-corrected chi connectivity index (χ1v) is 23.2. The number of H-pyrrole nitrogens is 2. The second kappa shape index (κ2) is 18.7. The minimum atomic E-state index is -0.567. The van der Waals surface area contributed by atoms with Gasteiger partial charge in [0.1, 0.15) is 17.3 Å². The highest BCUT2D eigenvalue weighted by molar-refractivity contribution is 5.98. The zero-order valence-corrected chi connectivity index (χ0v) is 39.9. The van der Waals surface area contributed by atoms with Crippen LogP contribution >= 0.6 is 0 Å². The molecule has 8 aromatic rings. The minimum Gasteiger partial charge on any atom is -0.380 e. The quantitative estimate of drug-likeness (QED) is 0.141. The molecule has 0 bridgehead atoms. The lowest BCUT2D eigenvalue weighted by Crippen LogP contribution is -2.51. The van der Waals surface area contributed by atoms with Gasteiger partial charge in [-0.05, 0) is 125 Å². The molecule has 2 aliphatic heterocycles. The topological polar surface area (TPSA) is 179 Å². The molecule has 2 unspecified atom stereocenters. The first-order chi connectivity index (χ1) is 33.2. The summed E-state index contributed by atoms with van der Waals surface area (Å²) in [4.78, 5) is 46.5. The number of hydrogen-bond donors (Lipinski definition) is 3. The predicted molar refractivity (Wildman–Crippen MR) is 259 cm³/mol. The number of halogens is 2. The number of aromatic amines is 2. The van der Waals surface area contributed by atoms with Crippen LogP contribution in [0.3, 0.4) is 0 Å². The van der Waals surface area contributed by atoms with Gasteiger partial charge in [0.2, 0.25) is 0 Å². The normalized spacial score (nSPS) is 17.7. The van der Waals surface area contributed by atoms with Crippen LogP contribution in [0.1, 0.15) is 89.2 Å². The average Bonchev–Trinajstić information content (AvgIpc) is 3.87. The van der Waals surface area contributed by atoms with E-state index in [1.54, 1.807) is 71.7 Å². The van der Waals surface area contributed by atoms with Gasteiger partial charge in [-0.15, -0.1) is 6.58 Å². The fourth-order valence-corrected chi connectivity index (χ4v) is 9.74. The number of rotatable bonds is 6. The van der Waals surface area contributed by atoms with Crippen LogP contribution in [0.2, 0.25) is 0 Å². The van der Waals surface area contributed by atoms with E-state index in [9.17, 15) is 18.8 Å². The Bertz CT molecular complexity index is 3310. The van der Waals surface area contributed by atoms with Gasteiger partial charge in [-0.2, -0.15) is 10.2 Å². The monoisotopic (exact) mass is 941 g/mol. The Morgan fingerprint density at radius 2 is 1.68 bits per heavy atom. The molecule has 0 radical (unpaired) electrons. The molecule has 7 heterocycles. The first kappa shape index (κ1) is 46.9. The molecular formula is C51H57F2N11O5. The van der Waals surface area contributed by atoms with Crippen LogP contribution in [0.25, 0.3) is 39.0 Å². The maximum atomic E-state index is 15.8. The number of aromatic nitrogens is 9. The van der Waals surface area contributed by atoms with E-state index in [1.165, 1.54) is 27.1 Å². The maximum absolute atomic E-state index is 15.8. The summed E-state index contributed by atoms with van der Waals surface area (Å²) in [6.07, 6.45) is 10.1. The standard InChI is InChI=1S/C40H36F2N8O3.C6H8N2O2.C3H6.C2H7N/c1-22-12-27(13-23(2)35(22)41)50-37(49-11-10-48(39(49)52)34-7-6-33-28(36(34)42)18-43-46(33)3)29-19-47(9-8-31(29)45-50)38(51)32-15-25-14-24(4-5-30(25)44-32)26-16-40(17-26)20-53-21-40;1-3-2-4(3)5-7-6(9)10-8-5;2*1-3-2/h4-7,10-15,18,26,44H,8-9,16-17,19-21H2,1-3H3;3-4H,2H2,1H3,(H,7,8,9);3H,1H2,2H3;3H,1-2H3. The van der Waals surface area contributed by atoms with Crippen LogP contribution in [0.15, 0.2) is 93.9 Å². The molecule has 2 atom stereocenters. The van der Waals surface area contributed by atoms with E-state index >= 15 is 4.39 Å². The van der Waals surface area contributed by atoms with Crippen molar-refractivity contribution in [3.63, 3.8) is 0 Å². The fourth-order valence-electron chi connectivity index (χ4n) is 9.74. The number of aryl methyl sites for hydroxylation is 3. The number of allylic oxidation sites excluding steroid dienone is 1. The van der Waals surface area contributed by atoms with Gasteiger partial charge < -0.3 is 19.9 Å². The molecule has 3 fully saturated rings. The highest BCUT2D eigenvalue weighted by Crippen LogP contribution is 2.55. The Kier molecular flexibility index (Phi) is 12.7. The van der Waals surface area contributed by atoms with Crippen molar-refractivity contribution in [2.75, 3.05) is 33.9 Å². The zero-order valence-electron chi connectivity index (χ0n) is 39.9. The molecule has 1 spiro atoms. The molecule has 3 aromatic carbocycles. The molecule has 2 saturated carbocycles. The van der Waals surface area contributed by atoms with Crippen LogP contribution in [0, 0.1) is 36.8 Å². The van der Waals surface area contributed by atoms with Crippen LogP contribution in [0.5, 0.6) is 0 Å². The SMILES string of the molecule is C=CC.CC1CC1c1noc(=O)[nH]1.CNC.Cc1cc(-n2nc3c(c2-n2ccn(-c4ccc5c(cnn5C)c4F)c2=O)CN(C(=O)c2cc4cc(C5CC6(COC6)C5)ccc4[nH]2)CC3)cc(C)c1F. The molecule has 69 heavy (non-hydrogen) atoms. The van der Waals surface area contributed by atoms with Crippen LogP contribution in [-0.4, -0.2) is 88.5 Å². The van der Waals surface area contributed by atoms with Crippen molar-refractivity contribution in [1.29, 1.82) is 0 Å². The van der Waals surface area contributed by atoms with Crippen molar-refractivity contribution in [2.24, 2.45) is 18.4 Å². The highest BCUT2D eigenvalue weighted by Gasteiger charge is 2.50. The van der Waals surface area contributed by atoms with Gasteiger partial charge >= 0.3 is 11.4 Å². The third kappa shape index (κ3) is 8.78. The molecular weight excluding hydrogens is 885 g/mol. The van der Waals surface area contributed by atoms with Crippen molar-refractivity contribution in [3.05, 3.63) is 152 Å². The second-order valence-corrected chi connectivity index (χ2v) is 18.8. The first-order valence-electron chi connectivity index (χ1n) is 23.2. The lowest BCUT2D eigenvalue weighted by molar-refractivity contribution is -0.164. The average molecular weight is 942 g/mol. The number of benzene rings is 3. The summed E-state index contributed by atoms with van der Waals surface area (Å²) < 4.78 is 46.3. The summed E-state index contributed by atoms with van der Waals surface area (Å²) in [5.74, 6) is 1.22. The summed E-state index contributed by atoms with van der Waals surface area (Å²) in [5.41, 5.74) is 6.04. The van der Waals surface area contributed by atoms with E-state index in [2.05, 4.69) is 61.8 Å². The molecule has 18 heteroatoms. The molecule has 2 aliphatic carbocycles. The van der Waals surface area contributed by atoms with Crippen molar-refractivity contribution in [1.82, 2.24) is 54.0 Å². The van der Waals surface area contributed by atoms with Gasteiger partial charge in [-0.1, -0.05) is 24.2 Å². The van der Waals surface area contributed by atoms with Crippen molar-refractivity contribution in [2.45, 2.75) is 71.8 Å². The number of nitrogens with one attached hydrogen (secondary N) is 3. The third-order valence-electron chi connectivity index (χ3n) is 13.5. The van der Waals surface area contributed by atoms with Crippen LogP contribution in [-0.2, 0) is 24.8 Å². The van der Waals surface area contributed by atoms with E-state index in [1.807, 2.05) is 27.1 Å². The van der Waals surface area contributed by atoms with E-state index in [0.29, 0.717) is 86.8 Å². The van der Waals surface area contributed by atoms with Crippen LogP contribution < -0.4 is 16.8 Å². The fraction of sp³-hybridized carbons (Fsp3) is 0.373. The number of ether oxygens (including phenoxy) is 1. The molecule has 5 aromatic heterocycles. The smallest absolute Gasteiger partial charge is 0.380 e. The van der Waals surface area contributed by atoms with E-state index in [-0.39, 0.29) is 24.0 Å². The van der Waals surface area contributed by atoms with E-state index in [0.717, 1.165) is 49.1 Å². The molecule has 1 amide bonds. The molecule has 1 saturated heterocycles. The Balaban J connectivity index is 0.000000317. The van der Waals surface area contributed by atoms with E-state index < -0.39 is 17.3 Å². The lowest BCUT2D eigenvalue weighted by Gasteiger charge is -2.53. The zero-order chi connectivity index (χ0) is 48.9. The minimum absolute atomic E-state index is 0.0790. The van der Waals surface area contributed by atoms with Crippen molar-refractivity contribution < 1.29 is 22.8 Å². The summed E-state index contributed by atoms with van der Waals surface area (Å²) in [5, 5.41) is 16.7. The van der Waals surface area contributed by atoms with Gasteiger partial charge in [0.25, 0.3) is 5.91 Å². The molecule has 16 nitrogen and oxygen atoms in total. The summed E-state index contributed by atoms with van der Waals surface area (Å²) >= 11 is 0. The van der Waals surface area contributed by atoms with Gasteiger partial charge in [0.15, 0.2) is 11.6 Å². The number of hydrogen-bond acceptors (Lipinski definition) is 9. The van der Waals surface area contributed by atoms with Gasteiger partial charge in [-0.25, -0.2) is 23.1 Å². The van der Waals surface area contributed by atoms with E-state index in [4.69, 9.17) is 9.84 Å². The number of imidazole rings is 1. The molecule has 360 valence electrons. The summed E-state index contributed by atoms with van der Waals surface area (Å²) in [6, 6.07) is 15.0. The maximum Gasteiger partial charge on any atom is 0.438 e. The summed E-state index contributed by atoms with van der Waals surface area (Å²) in [7, 11) is 5.48. The Morgan fingerprint density at radius 1 is 0.986 bits per heavy atom. The Morgan fingerprint density at radius 3 is 2.32 bits per heavy atom. The second-order valence-electron chi connectivity index (χ2n) is 18.8. The predicted octanol–water partition coefficient (Wildman–Crippen LogP) is 7.68. The number of carbonyl (C=O) groups excluding carboxylic acids is 1. The molecule has 12 rings (SSSR count). The number of nitrogens with zero attached hydrogens (tertiary/aromatic N) is 8. The number of carbonyl (C=O) groups is 1. The molecule has 4 aliphatic rings. The van der Waals surface area contributed by atoms with Crippen molar-refractivity contribution >= 4 is 27.7 Å². The van der Waals surface area contributed by atoms with Crippen LogP contribution in [0.4, 0.5) is 8.78 Å². The van der Waals surface area contributed by atoms with Gasteiger partial charge in [0.05, 0.1) is 53.9 Å². The van der Waals surface area contributed by atoms with Gasteiger partial charge in [0, 0.05) is 60.2 Å². The summed E-state index contributed by atoms with van der Waals surface area (Å²) in [6.45, 7) is 13.1. The number of amides is 1. The Hall–Kier alpha value is -7.18. The largest absolute Gasteiger partial charge is 0.438 e. The van der Waals surface area contributed by atoms with Gasteiger partial charge in [-0.3, -0.25) is 28.1 Å². The van der Waals surface area contributed by atoms with Crippen molar-refractivity contribution in [3.8, 4) is 17.2 Å². The lowest BCUT2D eigenvalue weighted by atomic mass is 9.59. The third-order valence-corrected chi connectivity index (χ3v) is 13.5. The highest BCUT2D eigenvalue weighted by atomic mass is 19.1. The Labute approximate surface area is 396 Å². The molecule has 3 N–H and O–H groups in total.